The summed E-state index contributed by atoms with van der Waals surface area (Å²) >= 11 is 0. The van der Waals surface area contributed by atoms with Crippen molar-refractivity contribution in [3.8, 4) is 0 Å². The molecule has 0 spiro atoms. The summed E-state index contributed by atoms with van der Waals surface area (Å²) in [6.07, 6.45) is -0.355. The highest BCUT2D eigenvalue weighted by Gasteiger charge is 2.51. The molecule has 166 valence electrons. The summed E-state index contributed by atoms with van der Waals surface area (Å²) < 4.78 is 22.7. The third-order valence-corrected chi connectivity index (χ3v) is 4.62. The zero-order valence-electron chi connectivity index (χ0n) is 16.2. The van der Waals surface area contributed by atoms with Gasteiger partial charge in [0.15, 0.2) is 24.3 Å². The highest BCUT2D eigenvalue weighted by Crippen LogP contribution is 2.34. The van der Waals surface area contributed by atoms with Gasteiger partial charge in [-0.3, -0.25) is 15.3 Å². The van der Waals surface area contributed by atoms with E-state index in [9.17, 15) is 19.2 Å². The van der Waals surface area contributed by atoms with E-state index in [0.29, 0.717) is 0 Å². The number of hydrogen-bond donors (Lipinski definition) is 2. The largest absolute Gasteiger partial charge is 0.458 e. The first-order chi connectivity index (χ1) is 15.5. The lowest BCUT2D eigenvalue weighted by atomic mass is 10.1. The van der Waals surface area contributed by atoms with Gasteiger partial charge < -0.3 is 18.9 Å². The van der Waals surface area contributed by atoms with E-state index in [2.05, 4.69) is 9.97 Å². The Hall–Kier alpha value is -4.10. The molecule has 4 rings (SSSR count). The minimum Gasteiger partial charge on any atom is -0.458 e. The molecule has 4 atom stereocenters. The van der Waals surface area contributed by atoms with Crippen LogP contribution in [-0.2, 0) is 28.5 Å². The number of pyridine rings is 1. The van der Waals surface area contributed by atoms with Crippen LogP contribution in [0, 0.1) is 0 Å². The van der Waals surface area contributed by atoms with Crippen molar-refractivity contribution in [3.05, 3.63) is 65.0 Å². The highest BCUT2D eigenvalue weighted by molar-refractivity contribution is 5.92. The van der Waals surface area contributed by atoms with Crippen LogP contribution in [0.4, 0.5) is 5.82 Å². The minimum absolute atomic E-state index is 0.0510. The summed E-state index contributed by atoms with van der Waals surface area (Å²) in [4.78, 5) is 56.2. The molecule has 2 aliphatic heterocycles. The van der Waals surface area contributed by atoms with Gasteiger partial charge in [-0.15, -0.1) is 0 Å². The fourth-order valence-corrected chi connectivity index (χ4v) is 3.20. The van der Waals surface area contributed by atoms with E-state index in [-0.39, 0.29) is 18.1 Å². The Kier molecular flexibility index (Phi) is 5.91. The molecule has 0 saturated carbocycles. The molecular weight excluding hydrogens is 428 g/mol. The van der Waals surface area contributed by atoms with Gasteiger partial charge in [0.05, 0.1) is 0 Å². The van der Waals surface area contributed by atoms with Crippen molar-refractivity contribution in [2.24, 2.45) is 0 Å². The standard InChI is InChI=1S/C19H16N4O9/c24-13-4-5-14(25)32-16-15(31-13)11(9-29-18(26)10-3-1-2-7-20-10)30-17(16)23-8-6-12(22-28)21-19(23)27/h1-8,11,15-17,28H,9H2,(H,21,22,27)/b5-4-/t11-,15?,16-,17-/m1/s1. The van der Waals surface area contributed by atoms with Crippen LogP contribution in [-0.4, -0.2) is 62.6 Å². The van der Waals surface area contributed by atoms with Gasteiger partial charge in [0, 0.05) is 24.5 Å². The van der Waals surface area contributed by atoms with Gasteiger partial charge in [-0.05, 0) is 18.2 Å². The molecule has 1 unspecified atom stereocenters. The fourth-order valence-electron chi connectivity index (χ4n) is 3.20. The summed E-state index contributed by atoms with van der Waals surface area (Å²) in [6, 6.07) is 5.96. The normalized spacial score (nSPS) is 25.5. The molecule has 0 aliphatic carbocycles. The van der Waals surface area contributed by atoms with Crippen molar-refractivity contribution in [1.29, 1.82) is 0 Å². The van der Waals surface area contributed by atoms with Gasteiger partial charge in [-0.1, -0.05) is 6.07 Å². The molecular formula is C19H16N4O9. The van der Waals surface area contributed by atoms with Crippen molar-refractivity contribution in [1.82, 2.24) is 14.5 Å². The second-order valence-corrected chi connectivity index (χ2v) is 6.63. The fraction of sp³-hybridized carbons (Fsp3) is 0.263. The first-order valence-electron chi connectivity index (χ1n) is 9.28. The number of nitrogens with zero attached hydrogens (tertiary/aromatic N) is 3. The summed E-state index contributed by atoms with van der Waals surface area (Å²) in [7, 11) is 0. The van der Waals surface area contributed by atoms with E-state index >= 15 is 0 Å². The van der Waals surface area contributed by atoms with Crippen LogP contribution in [0.5, 0.6) is 0 Å². The average Bonchev–Trinajstić information content (AvgIpc) is 3.11. The summed E-state index contributed by atoms with van der Waals surface area (Å²) in [6.45, 7) is -0.389. The maximum absolute atomic E-state index is 12.4. The molecule has 2 aromatic heterocycles. The SMILES string of the molecule is O=C1/C=C\C(=O)O[C@@H]2C(O1)[C@@H](COC(=O)c1ccccn1)O[C@H]2n1ccc(NO)nc1=O. The molecule has 0 radical (unpaired) electrons. The number of aromatic nitrogens is 3. The molecule has 0 bridgehead atoms. The second-order valence-electron chi connectivity index (χ2n) is 6.63. The molecule has 13 nitrogen and oxygen atoms in total. The molecule has 0 aromatic carbocycles. The number of anilines is 1. The van der Waals surface area contributed by atoms with Crippen molar-refractivity contribution < 1.29 is 38.5 Å². The van der Waals surface area contributed by atoms with Crippen molar-refractivity contribution in [2.45, 2.75) is 24.5 Å². The molecule has 13 heteroatoms. The number of rotatable bonds is 5. The maximum atomic E-state index is 12.4. The lowest BCUT2D eigenvalue weighted by molar-refractivity contribution is -0.164. The van der Waals surface area contributed by atoms with Crippen LogP contribution < -0.4 is 11.2 Å². The summed E-state index contributed by atoms with van der Waals surface area (Å²) in [5.41, 5.74) is 0.940. The number of carbonyl (C=O) groups is 3. The van der Waals surface area contributed by atoms with E-state index in [1.54, 1.807) is 17.6 Å². The number of esters is 3. The third kappa shape index (κ3) is 4.33. The van der Waals surface area contributed by atoms with Crippen molar-refractivity contribution in [2.75, 3.05) is 12.1 Å². The highest BCUT2D eigenvalue weighted by atomic mass is 16.7. The molecule has 32 heavy (non-hydrogen) atoms. The van der Waals surface area contributed by atoms with Gasteiger partial charge >= 0.3 is 23.6 Å². The zero-order valence-corrected chi connectivity index (χ0v) is 16.2. The predicted octanol–water partition coefficient (Wildman–Crippen LogP) is -0.413. The van der Waals surface area contributed by atoms with Crippen LogP contribution in [0.1, 0.15) is 16.7 Å². The van der Waals surface area contributed by atoms with Crippen LogP contribution in [0.2, 0.25) is 0 Å². The monoisotopic (exact) mass is 444 g/mol. The van der Waals surface area contributed by atoms with Gasteiger partial charge in [-0.25, -0.2) is 24.2 Å². The summed E-state index contributed by atoms with van der Waals surface area (Å²) in [5, 5.41) is 8.92. The quantitative estimate of drug-likeness (QED) is 0.348. The molecule has 4 heterocycles. The lowest BCUT2D eigenvalue weighted by Crippen LogP contribution is -2.43. The maximum Gasteiger partial charge on any atom is 0.357 e. The first kappa shape index (κ1) is 21.1. The Morgan fingerprint density at radius 2 is 1.88 bits per heavy atom. The lowest BCUT2D eigenvalue weighted by Gasteiger charge is -2.25. The summed E-state index contributed by atoms with van der Waals surface area (Å²) in [5.74, 6) is -2.57. The predicted molar refractivity (Wildman–Crippen MR) is 101 cm³/mol. The zero-order chi connectivity index (χ0) is 22.7. The first-order valence-corrected chi connectivity index (χ1v) is 9.28. The number of hydrogen-bond acceptors (Lipinski definition) is 12. The average molecular weight is 444 g/mol. The number of fused-ring (bicyclic) bond motifs is 1. The van der Waals surface area contributed by atoms with Crippen LogP contribution in [0.25, 0.3) is 0 Å². The molecule has 2 aromatic rings. The Morgan fingerprint density at radius 3 is 2.53 bits per heavy atom. The third-order valence-electron chi connectivity index (χ3n) is 4.62. The van der Waals surface area contributed by atoms with Gasteiger partial charge in [0.2, 0.25) is 0 Å². The van der Waals surface area contributed by atoms with Gasteiger partial charge in [-0.2, -0.15) is 4.98 Å². The molecule has 1 fully saturated rings. The Balaban J connectivity index is 1.61. The second kappa shape index (κ2) is 8.95. The Labute approximate surface area is 179 Å². The molecule has 1 saturated heterocycles. The van der Waals surface area contributed by atoms with Crippen molar-refractivity contribution in [3.63, 3.8) is 0 Å². The van der Waals surface area contributed by atoms with Gasteiger partial charge in [0.25, 0.3) is 0 Å². The molecule has 2 aliphatic rings. The number of ether oxygens (including phenoxy) is 4. The van der Waals surface area contributed by atoms with Crippen LogP contribution >= 0.6 is 0 Å². The Morgan fingerprint density at radius 1 is 1.12 bits per heavy atom. The minimum atomic E-state index is -1.26. The van der Waals surface area contributed by atoms with E-state index in [1.165, 1.54) is 24.5 Å². The number of nitrogens with one attached hydrogen (secondary N) is 1. The van der Waals surface area contributed by atoms with E-state index in [0.717, 1.165) is 16.7 Å². The van der Waals surface area contributed by atoms with Crippen molar-refractivity contribution >= 4 is 23.7 Å². The van der Waals surface area contributed by atoms with E-state index in [4.69, 9.17) is 24.2 Å². The van der Waals surface area contributed by atoms with E-state index in [1.807, 2.05) is 0 Å². The van der Waals surface area contributed by atoms with Crippen LogP contribution in [0.3, 0.4) is 0 Å². The van der Waals surface area contributed by atoms with Gasteiger partial charge in [0.1, 0.15) is 18.4 Å². The van der Waals surface area contributed by atoms with Crippen LogP contribution in [0.15, 0.2) is 53.6 Å². The smallest absolute Gasteiger partial charge is 0.357 e. The number of carbonyl (C=O) groups excluding carboxylic acids is 3. The van der Waals surface area contributed by atoms with E-state index < -0.39 is 48.1 Å². The Bertz CT molecular complexity index is 1120. The molecule has 2 N–H and O–H groups in total. The molecule has 0 amide bonds. The topological polar surface area (TPSA) is 168 Å².